The molecule has 2 atom stereocenters. The normalized spacial score (nSPS) is 31.5. The number of nitrogens with one attached hydrogen (secondary N) is 2. The Morgan fingerprint density at radius 2 is 1.93 bits per heavy atom. The predicted molar refractivity (Wildman–Crippen MR) is 114 cm³/mol. The van der Waals surface area contributed by atoms with E-state index in [1.165, 1.54) is 6.42 Å². The molecule has 2 N–H and O–H groups in total. The van der Waals surface area contributed by atoms with Crippen molar-refractivity contribution in [3.05, 3.63) is 36.4 Å². The van der Waals surface area contributed by atoms with Crippen LogP contribution in [-0.2, 0) is 15.1 Å². The first kappa shape index (κ1) is 19.3. The molecule has 1 aromatic carbocycles. The Hall–Kier alpha value is -2.70. The highest BCUT2D eigenvalue weighted by atomic mass is 16.2. The van der Waals surface area contributed by atoms with Crippen LogP contribution in [0.4, 0.5) is 11.4 Å². The van der Waals surface area contributed by atoms with Crippen molar-refractivity contribution in [1.29, 1.82) is 0 Å². The van der Waals surface area contributed by atoms with E-state index in [4.69, 9.17) is 0 Å². The zero-order valence-electron chi connectivity index (χ0n) is 17.6. The van der Waals surface area contributed by atoms with Crippen molar-refractivity contribution in [2.24, 2.45) is 17.3 Å². The molecule has 4 bridgehead atoms. The highest BCUT2D eigenvalue weighted by Crippen LogP contribution is 2.64. The number of carbonyl (C=O) groups excluding carboxylic acids is 2. The summed E-state index contributed by atoms with van der Waals surface area (Å²) in [6.45, 7) is 3.81. The van der Waals surface area contributed by atoms with Crippen molar-refractivity contribution in [2.45, 2.75) is 64.3 Å². The summed E-state index contributed by atoms with van der Waals surface area (Å²) in [5.41, 5.74) is 2.05. The van der Waals surface area contributed by atoms with Crippen LogP contribution in [0.3, 0.4) is 0 Å². The lowest BCUT2D eigenvalue weighted by molar-refractivity contribution is -0.150. The van der Waals surface area contributed by atoms with Gasteiger partial charge in [0, 0.05) is 17.8 Å². The Bertz CT molecular complexity index is 969. The van der Waals surface area contributed by atoms with Crippen LogP contribution in [0.25, 0.3) is 0 Å². The fraction of sp³-hybridized carbons (Fsp3) is 0.565. The Kier molecular flexibility index (Phi) is 4.45. The van der Waals surface area contributed by atoms with E-state index in [0.717, 1.165) is 43.4 Å². The molecule has 4 fully saturated rings. The summed E-state index contributed by atoms with van der Waals surface area (Å²) in [6.07, 6.45) is 10.0. The lowest BCUT2D eigenvalue weighted by Crippen LogP contribution is -2.60. The first-order valence-corrected chi connectivity index (χ1v) is 11.0. The molecule has 2 unspecified atom stereocenters. The van der Waals surface area contributed by atoms with Gasteiger partial charge in [-0.1, -0.05) is 13.0 Å². The van der Waals surface area contributed by atoms with E-state index in [9.17, 15) is 9.59 Å². The molecular weight excluding hydrogens is 378 g/mol. The van der Waals surface area contributed by atoms with Crippen LogP contribution < -0.4 is 10.6 Å². The smallest absolute Gasteiger partial charge is 0.230 e. The number of hydrogen-bond acceptors (Lipinski definition) is 4. The number of aryl methyl sites for hydroxylation is 1. The van der Waals surface area contributed by atoms with Gasteiger partial charge in [0.05, 0.1) is 11.0 Å². The van der Waals surface area contributed by atoms with Crippen LogP contribution >= 0.6 is 0 Å². The van der Waals surface area contributed by atoms with E-state index in [1.807, 2.05) is 43.1 Å². The SMILES string of the molecule is CCC(=O)Nc1ccc(C)c(NC(=O)C23CC4CC(C2)CC(n2cncn2)(C4)C3)c1. The number of carbonyl (C=O) groups is 2. The molecule has 2 aromatic rings. The minimum absolute atomic E-state index is 0.0352. The predicted octanol–water partition coefficient (Wildman–Crippen LogP) is 3.87. The van der Waals surface area contributed by atoms with Gasteiger partial charge in [-0.25, -0.2) is 9.67 Å². The second-order valence-electron chi connectivity index (χ2n) is 9.69. The van der Waals surface area contributed by atoms with Gasteiger partial charge in [-0.2, -0.15) is 5.10 Å². The number of nitrogens with zero attached hydrogens (tertiary/aromatic N) is 3. The molecular formula is C23H29N5O2. The van der Waals surface area contributed by atoms with Crippen LogP contribution in [0.1, 0.15) is 57.4 Å². The molecule has 7 heteroatoms. The number of hydrogen-bond donors (Lipinski definition) is 2. The largest absolute Gasteiger partial charge is 0.326 e. The third kappa shape index (κ3) is 3.11. The molecule has 4 saturated carbocycles. The average molecular weight is 408 g/mol. The molecule has 4 aliphatic rings. The maximum absolute atomic E-state index is 13.7. The van der Waals surface area contributed by atoms with Gasteiger partial charge in [0.2, 0.25) is 11.8 Å². The molecule has 7 nitrogen and oxygen atoms in total. The van der Waals surface area contributed by atoms with Gasteiger partial charge in [0.1, 0.15) is 12.7 Å². The molecule has 1 heterocycles. The molecule has 0 radical (unpaired) electrons. The third-order valence-electron chi connectivity index (χ3n) is 7.51. The number of rotatable bonds is 5. The molecule has 4 aliphatic carbocycles. The second-order valence-corrected chi connectivity index (χ2v) is 9.69. The van der Waals surface area contributed by atoms with E-state index < -0.39 is 0 Å². The number of benzene rings is 1. The summed E-state index contributed by atoms with van der Waals surface area (Å²) in [5.74, 6) is 1.21. The topological polar surface area (TPSA) is 88.9 Å². The van der Waals surface area contributed by atoms with E-state index in [1.54, 1.807) is 6.33 Å². The zero-order chi connectivity index (χ0) is 20.9. The van der Waals surface area contributed by atoms with E-state index in [0.29, 0.717) is 23.9 Å². The summed E-state index contributed by atoms with van der Waals surface area (Å²) >= 11 is 0. The molecule has 2 amide bonds. The van der Waals surface area contributed by atoms with Crippen molar-refractivity contribution in [1.82, 2.24) is 14.8 Å². The standard InChI is InChI=1S/C23H29N5O2/c1-3-20(29)26-18-5-4-15(2)19(7-18)27-21(30)22-8-16-6-17(9-22)11-23(10-16,12-22)28-14-24-13-25-28/h4-5,7,13-14,16-17H,3,6,8-12H2,1-2H3,(H,26,29)(H,27,30). The van der Waals surface area contributed by atoms with Gasteiger partial charge < -0.3 is 10.6 Å². The molecule has 158 valence electrons. The van der Waals surface area contributed by atoms with E-state index >= 15 is 0 Å². The summed E-state index contributed by atoms with van der Waals surface area (Å²) in [4.78, 5) is 29.6. The van der Waals surface area contributed by atoms with Crippen molar-refractivity contribution in [3.8, 4) is 0 Å². The fourth-order valence-corrected chi connectivity index (χ4v) is 6.54. The number of amides is 2. The molecule has 0 spiro atoms. The fourth-order valence-electron chi connectivity index (χ4n) is 6.54. The molecule has 0 aliphatic heterocycles. The summed E-state index contributed by atoms with van der Waals surface area (Å²) < 4.78 is 2.03. The number of anilines is 2. The quantitative estimate of drug-likeness (QED) is 0.787. The Balaban J connectivity index is 1.42. The van der Waals surface area contributed by atoms with Crippen LogP contribution in [0.2, 0.25) is 0 Å². The molecule has 6 rings (SSSR count). The summed E-state index contributed by atoms with van der Waals surface area (Å²) in [6, 6.07) is 5.69. The van der Waals surface area contributed by atoms with E-state index in [-0.39, 0.29) is 22.8 Å². The highest BCUT2D eigenvalue weighted by Gasteiger charge is 2.61. The van der Waals surface area contributed by atoms with Gasteiger partial charge in [0.25, 0.3) is 0 Å². The van der Waals surface area contributed by atoms with Crippen molar-refractivity contribution in [3.63, 3.8) is 0 Å². The molecule has 1 aromatic heterocycles. The Labute approximate surface area is 176 Å². The minimum atomic E-state index is -0.356. The van der Waals surface area contributed by atoms with Crippen LogP contribution in [0.5, 0.6) is 0 Å². The molecule has 0 saturated heterocycles. The third-order valence-corrected chi connectivity index (χ3v) is 7.51. The first-order valence-electron chi connectivity index (χ1n) is 11.0. The average Bonchev–Trinajstić information content (AvgIpc) is 3.25. The summed E-state index contributed by atoms with van der Waals surface area (Å²) in [5, 5.41) is 10.6. The molecule has 30 heavy (non-hydrogen) atoms. The lowest BCUT2D eigenvalue weighted by Gasteiger charge is -2.60. The maximum atomic E-state index is 13.7. The van der Waals surface area contributed by atoms with Gasteiger partial charge in [-0.05, 0) is 75.0 Å². The Morgan fingerprint density at radius 3 is 2.60 bits per heavy atom. The van der Waals surface area contributed by atoms with Crippen molar-refractivity contribution >= 4 is 23.2 Å². The van der Waals surface area contributed by atoms with Crippen LogP contribution in [0, 0.1) is 24.2 Å². The van der Waals surface area contributed by atoms with Crippen molar-refractivity contribution < 1.29 is 9.59 Å². The van der Waals surface area contributed by atoms with E-state index in [2.05, 4.69) is 20.7 Å². The zero-order valence-corrected chi connectivity index (χ0v) is 17.6. The highest BCUT2D eigenvalue weighted by molar-refractivity contribution is 5.98. The Morgan fingerprint density at radius 1 is 1.17 bits per heavy atom. The van der Waals surface area contributed by atoms with Gasteiger partial charge >= 0.3 is 0 Å². The maximum Gasteiger partial charge on any atom is 0.230 e. The summed E-state index contributed by atoms with van der Waals surface area (Å²) in [7, 11) is 0. The minimum Gasteiger partial charge on any atom is -0.326 e. The van der Waals surface area contributed by atoms with Gasteiger partial charge in [0.15, 0.2) is 0 Å². The monoisotopic (exact) mass is 407 g/mol. The van der Waals surface area contributed by atoms with Gasteiger partial charge in [-0.3, -0.25) is 9.59 Å². The lowest BCUT2D eigenvalue weighted by atomic mass is 9.46. The second kappa shape index (κ2) is 6.93. The first-order chi connectivity index (χ1) is 14.4. The number of aromatic nitrogens is 3. The van der Waals surface area contributed by atoms with Crippen molar-refractivity contribution in [2.75, 3.05) is 10.6 Å². The van der Waals surface area contributed by atoms with Crippen LogP contribution in [-0.4, -0.2) is 26.6 Å². The van der Waals surface area contributed by atoms with Crippen LogP contribution in [0.15, 0.2) is 30.9 Å². The van der Waals surface area contributed by atoms with Gasteiger partial charge in [-0.15, -0.1) is 0 Å².